The van der Waals surface area contributed by atoms with E-state index in [2.05, 4.69) is 20.7 Å². The minimum Gasteiger partial charge on any atom is -0.453 e. The Morgan fingerprint density at radius 2 is 1.86 bits per heavy atom. The van der Waals surface area contributed by atoms with Gasteiger partial charge in [-0.1, -0.05) is 22.0 Å². The first-order valence-electron chi connectivity index (χ1n) is 6.45. The number of aryl methyl sites for hydroxylation is 1. The molecule has 0 N–H and O–H groups in total. The molecule has 0 saturated carbocycles. The molecule has 0 bridgehead atoms. The molecule has 21 heavy (non-hydrogen) atoms. The Hall–Kier alpha value is -1.12. The van der Waals surface area contributed by atoms with Crippen LogP contribution in [0.15, 0.2) is 27.6 Å². The Balaban J connectivity index is 2.19. The lowest BCUT2D eigenvalue weighted by molar-refractivity contribution is 0.108. The summed E-state index contributed by atoms with van der Waals surface area (Å²) in [4.78, 5) is 13.2. The lowest BCUT2D eigenvalue weighted by Gasteiger charge is -2.33. The molecule has 1 heterocycles. The lowest BCUT2D eigenvalue weighted by atomic mass is 10.2. The molecule has 1 fully saturated rings. The minimum absolute atomic E-state index is 0.267. The van der Waals surface area contributed by atoms with Gasteiger partial charge in [0.15, 0.2) is 0 Å². The molecule has 1 saturated heterocycles. The van der Waals surface area contributed by atoms with Gasteiger partial charge in [0.2, 0.25) is 10.0 Å². The first-order chi connectivity index (χ1) is 9.86. The van der Waals surface area contributed by atoms with Crippen LogP contribution in [0.1, 0.15) is 5.56 Å². The van der Waals surface area contributed by atoms with Crippen LogP contribution in [0.3, 0.4) is 0 Å². The van der Waals surface area contributed by atoms with Crippen LogP contribution >= 0.6 is 15.9 Å². The number of carbonyl (C=O) groups excluding carboxylic acids is 1. The van der Waals surface area contributed by atoms with Gasteiger partial charge in [0.25, 0.3) is 0 Å². The zero-order chi connectivity index (χ0) is 15.6. The van der Waals surface area contributed by atoms with Gasteiger partial charge in [0.05, 0.1) is 12.0 Å². The fourth-order valence-electron chi connectivity index (χ4n) is 2.23. The number of nitrogens with zero attached hydrogens (tertiary/aromatic N) is 2. The van der Waals surface area contributed by atoms with Gasteiger partial charge in [-0.2, -0.15) is 4.31 Å². The molecule has 116 valence electrons. The highest BCUT2D eigenvalue weighted by atomic mass is 79.9. The highest BCUT2D eigenvalue weighted by molar-refractivity contribution is 9.10. The zero-order valence-corrected chi connectivity index (χ0v) is 14.3. The fraction of sp³-hybridized carbons (Fsp3) is 0.462. The summed E-state index contributed by atoms with van der Waals surface area (Å²) in [6.45, 7) is 2.97. The second kappa shape index (κ2) is 6.33. The van der Waals surface area contributed by atoms with E-state index in [4.69, 9.17) is 0 Å². The van der Waals surface area contributed by atoms with Crippen LogP contribution < -0.4 is 0 Å². The summed E-state index contributed by atoms with van der Waals surface area (Å²) >= 11 is 3.30. The first kappa shape index (κ1) is 16.3. The molecule has 0 unspecified atom stereocenters. The van der Waals surface area contributed by atoms with Gasteiger partial charge in [-0.05, 0) is 24.6 Å². The first-order valence-corrected chi connectivity index (χ1v) is 8.69. The van der Waals surface area contributed by atoms with Crippen molar-refractivity contribution in [3.8, 4) is 0 Å². The predicted molar refractivity (Wildman–Crippen MR) is 81.6 cm³/mol. The maximum absolute atomic E-state index is 12.7. The minimum atomic E-state index is -3.55. The summed E-state index contributed by atoms with van der Waals surface area (Å²) in [6, 6.07) is 5.18. The third-order valence-corrected chi connectivity index (χ3v) is 5.97. The molecule has 0 spiro atoms. The number of hydrogen-bond acceptors (Lipinski definition) is 4. The number of piperazine rings is 1. The highest BCUT2D eigenvalue weighted by Gasteiger charge is 2.31. The Kier molecular flexibility index (Phi) is 4.90. The Bertz CT molecular complexity index is 640. The average Bonchev–Trinajstić information content (AvgIpc) is 2.49. The van der Waals surface area contributed by atoms with Gasteiger partial charge >= 0.3 is 6.09 Å². The number of amides is 1. The van der Waals surface area contributed by atoms with E-state index in [1.165, 1.54) is 16.3 Å². The van der Waals surface area contributed by atoms with Crippen molar-refractivity contribution < 1.29 is 17.9 Å². The molecule has 1 aliphatic rings. The van der Waals surface area contributed by atoms with Gasteiger partial charge in [-0.15, -0.1) is 0 Å². The zero-order valence-electron chi connectivity index (χ0n) is 11.9. The van der Waals surface area contributed by atoms with Gasteiger partial charge in [0.1, 0.15) is 0 Å². The van der Waals surface area contributed by atoms with Crippen molar-refractivity contribution in [2.75, 3.05) is 33.3 Å². The van der Waals surface area contributed by atoms with Gasteiger partial charge in [-0.3, -0.25) is 0 Å². The topological polar surface area (TPSA) is 66.9 Å². The van der Waals surface area contributed by atoms with Crippen LogP contribution in [-0.2, 0) is 14.8 Å². The maximum atomic E-state index is 12.7. The molecule has 0 atom stereocenters. The largest absolute Gasteiger partial charge is 0.453 e. The molecule has 2 rings (SSSR count). The average molecular weight is 377 g/mol. The summed E-state index contributed by atoms with van der Waals surface area (Å²) in [5.41, 5.74) is 0.702. The van der Waals surface area contributed by atoms with Gasteiger partial charge in [0, 0.05) is 30.7 Å². The smallest absolute Gasteiger partial charge is 0.409 e. The van der Waals surface area contributed by atoms with Crippen molar-refractivity contribution in [1.82, 2.24) is 9.21 Å². The molecular formula is C13H17BrN2O4S. The van der Waals surface area contributed by atoms with E-state index in [0.717, 1.165) is 4.47 Å². The Labute approximate surface area is 132 Å². The fourth-order valence-corrected chi connectivity index (χ4v) is 4.42. The standard InChI is InChI=1S/C13H17BrN2O4S/c1-10-3-4-11(14)9-12(10)21(18,19)16-7-5-15(6-8-16)13(17)20-2/h3-4,9H,5-8H2,1-2H3. The van der Waals surface area contributed by atoms with Gasteiger partial charge < -0.3 is 9.64 Å². The summed E-state index contributed by atoms with van der Waals surface area (Å²) < 4.78 is 32.1. The normalized spacial score (nSPS) is 16.8. The van der Waals surface area contributed by atoms with E-state index in [1.54, 1.807) is 19.1 Å². The van der Waals surface area contributed by atoms with Crippen LogP contribution in [-0.4, -0.2) is 57.0 Å². The van der Waals surface area contributed by atoms with Crippen molar-refractivity contribution in [2.45, 2.75) is 11.8 Å². The van der Waals surface area contributed by atoms with Crippen LogP contribution in [0.25, 0.3) is 0 Å². The van der Waals surface area contributed by atoms with E-state index >= 15 is 0 Å². The quantitative estimate of drug-likeness (QED) is 0.789. The Morgan fingerprint density at radius 1 is 1.24 bits per heavy atom. The van der Waals surface area contributed by atoms with E-state index in [0.29, 0.717) is 23.5 Å². The van der Waals surface area contributed by atoms with Crippen LogP contribution in [0.4, 0.5) is 4.79 Å². The summed E-state index contributed by atoms with van der Waals surface area (Å²) in [5.74, 6) is 0. The van der Waals surface area contributed by atoms with Crippen molar-refractivity contribution in [1.29, 1.82) is 0 Å². The molecule has 1 amide bonds. The monoisotopic (exact) mass is 376 g/mol. The molecule has 1 aromatic carbocycles. The predicted octanol–water partition coefficient (Wildman–Crippen LogP) is 1.83. The number of hydrogen-bond donors (Lipinski definition) is 0. The van der Waals surface area contributed by atoms with Crippen LogP contribution in [0.2, 0.25) is 0 Å². The van der Waals surface area contributed by atoms with E-state index in [-0.39, 0.29) is 13.1 Å². The number of ether oxygens (including phenoxy) is 1. The number of benzene rings is 1. The van der Waals surface area contributed by atoms with Crippen molar-refractivity contribution in [2.24, 2.45) is 0 Å². The molecule has 6 nitrogen and oxygen atoms in total. The molecule has 8 heteroatoms. The summed E-state index contributed by atoms with van der Waals surface area (Å²) in [7, 11) is -2.23. The molecule has 0 aromatic heterocycles. The SMILES string of the molecule is COC(=O)N1CCN(S(=O)(=O)c2cc(Br)ccc2C)CC1. The summed E-state index contributed by atoms with van der Waals surface area (Å²) in [6.07, 6.45) is -0.425. The van der Waals surface area contributed by atoms with Crippen molar-refractivity contribution in [3.63, 3.8) is 0 Å². The third-order valence-electron chi connectivity index (χ3n) is 3.44. The van der Waals surface area contributed by atoms with Crippen molar-refractivity contribution >= 4 is 32.0 Å². The molecular weight excluding hydrogens is 360 g/mol. The number of carbonyl (C=O) groups is 1. The molecule has 0 aliphatic carbocycles. The van der Waals surface area contributed by atoms with E-state index in [1.807, 2.05) is 6.07 Å². The maximum Gasteiger partial charge on any atom is 0.409 e. The Morgan fingerprint density at radius 3 is 2.43 bits per heavy atom. The molecule has 1 aliphatic heterocycles. The highest BCUT2D eigenvalue weighted by Crippen LogP contribution is 2.24. The number of halogens is 1. The summed E-state index contributed by atoms with van der Waals surface area (Å²) in [5, 5.41) is 0. The van der Waals surface area contributed by atoms with Crippen LogP contribution in [0, 0.1) is 6.92 Å². The van der Waals surface area contributed by atoms with E-state index in [9.17, 15) is 13.2 Å². The van der Waals surface area contributed by atoms with Crippen molar-refractivity contribution in [3.05, 3.63) is 28.2 Å². The number of rotatable bonds is 2. The second-order valence-corrected chi connectivity index (χ2v) is 7.59. The number of sulfonamides is 1. The second-order valence-electron chi connectivity index (χ2n) is 4.77. The lowest BCUT2D eigenvalue weighted by Crippen LogP contribution is -2.50. The van der Waals surface area contributed by atoms with Crippen LogP contribution in [0.5, 0.6) is 0 Å². The molecule has 1 aromatic rings. The van der Waals surface area contributed by atoms with Gasteiger partial charge in [-0.25, -0.2) is 13.2 Å². The number of methoxy groups -OCH3 is 1. The third kappa shape index (κ3) is 3.38. The van der Waals surface area contributed by atoms with E-state index < -0.39 is 16.1 Å². The molecule has 0 radical (unpaired) electrons.